The Morgan fingerprint density at radius 3 is 2.53 bits per heavy atom. The number of amides is 1. The van der Waals surface area contributed by atoms with Crippen molar-refractivity contribution in [1.29, 1.82) is 0 Å². The van der Waals surface area contributed by atoms with Crippen molar-refractivity contribution in [1.82, 2.24) is 4.90 Å². The lowest BCUT2D eigenvalue weighted by Gasteiger charge is -2.28. The van der Waals surface area contributed by atoms with Gasteiger partial charge in [-0.15, -0.1) is 0 Å². The van der Waals surface area contributed by atoms with Crippen LogP contribution in [0.15, 0.2) is 18.2 Å². The summed E-state index contributed by atoms with van der Waals surface area (Å²) in [4.78, 5) is 14.6. The SMILES string of the molecule is Cc1ccc(NC(=O)C(=S)N2CCCCC2)c(C)c1. The van der Waals surface area contributed by atoms with E-state index in [1.165, 1.54) is 12.0 Å². The molecule has 0 saturated carbocycles. The van der Waals surface area contributed by atoms with Crippen LogP contribution in [0.25, 0.3) is 0 Å². The lowest BCUT2D eigenvalue weighted by atomic mass is 10.1. The van der Waals surface area contributed by atoms with Crippen molar-refractivity contribution in [3.05, 3.63) is 29.3 Å². The molecule has 1 aromatic carbocycles. The van der Waals surface area contributed by atoms with E-state index in [1.807, 2.05) is 30.9 Å². The monoisotopic (exact) mass is 276 g/mol. The van der Waals surface area contributed by atoms with Gasteiger partial charge in [0.15, 0.2) is 4.99 Å². The summed E-state index contributed by atoms with van der Waals surface area (Å²) >= 11 is 5.28. The summed E-state index contributed by atoms with van der Waals surface area (Å²) in [6, 6.07) is 5.98. The molecule has 0 bridgehead atoms. The molecule has 0 atom stereocenters. The fourth-order valence-corrected chi connectivity index (χ4v) is 2.60. The Balaban J connectivity index is 2.01. The van der Waals surface area contributed by atoms with Gasteiger partial charge in [0, 0.05) is 18.8 Å². The number of benzene rings is 1. The summed E-state index contributed by atoms with van der Waals surface area (Å²) in [5, 5.41) is 2.91. The topological polar surface area (TPSA) is 32.3 Å². The maximum absolute atomic E-state index is 12.2. The molecule has 4 heteroatoms. The van der Waals surface area contributed by atoms with Gasteiger partial charge in [-0.2, -0.15) is 0 Å². The molecule has 1 N–H and O–H groups in total. The highest BCUT2D eigenvalue weighted by atomic mass is 32.1. The van der Waals surface area contributed by atoms with Crippen molar-refractivity contribution in [3.63, 3.8) is 0 Å². The number of aryl methyl sites for hydroxylation is 2. The van der Waals surface area contributed by atoms with E-state index in [4.69, 9.17) is 12.2 Å². The second-order valence-corrected chi connectivity index (χ2v) is 5.51. The number of thiocarbonyl (C=S) groups is 1. The predicted molar refractivity (Wildman–Crippen MR) is 82.6 cm³/mol. The van der Waals surface area contributed by atoms with E-state index in [0.29, 0.717) is 4.99 Å². The van der Waals surface area contributed by atoms with E-state index in [2.05, 4.69) is 11.4 Å². The number of nitrogens with one attached hydrogen (secondary N) is 1. The summed E-state index contributed by atoms with van der Waals surface area (Å²) in [5.41, 5.74) is 3.10. The van der Waals surface area contributed by atoms with Crippen LogP contribution < -0.4 is 5.32 Å². The fraction of sp³-hybridized carbons (Fsp3) is 0.467. The van der Waals surface area contributed by atoms with Crippen LogP contribution in [0, 0.1) is 13.8 Å². The minimum atomic E-state index is -0.163. The molecule has 19 heavy (non-hydrogen) atoms. The second-order valence-electron chi connectivity index (χ2n) is 5.13. The van der Waals surface area contributed by atoms with Crippen LogP contribution in [-0.2, 0) is 4.79 Å². The van der Waals surface area contributed by atoms with Crippen LogP contribution in [0.4, 0.5) is 5.69 Å². The molecule has 1 heterocycles. The van der Waals surface area contributed by atoms with Gasteiger partial charge < -0.3 is 10.2 Å². The molecule has 1 fully saturated rings. The average molecular weight is 276 g/mol. The maximum atomic E-state index is 12.2. The number of carbonyl (C=O) groups is 1. The molecule has 1 saturated heterocycles. The molecule has 0 aliphatic carbocycles. The minimum absolute atomic E-state index is 0.163. The van der Waals surface area contributed by atoms with Gasteiger partial charge in [0.05, 0.1) is 0 Å². The minimum Gasteiger partial charge on any atom is -0.358 e. The van der Waals surface area contributed by atoms with Crippen LogP contribution in [0.3, 0.4) is 0 Å². The Hall–Kier alpha value is -1.42. The Bertz CT molecular complexity index is 493. The lowest BCUT2D eigenvalue weighted by Crippen LogP contribution is -2.41. The van der Waals surface area contributed by atoms with Gasteiger partial charge in [0.1, 0.15) is 0 Å². The molecule has 0 unspecified atom stereocenters. The normalized spacial score (nSPS) is 15.2. The molecular weight excluding hydrogens is 256 g/mol. The van der Waals surface area contributed by atoms with Crippen LogP contribution in [-0.4, -0.2) is 28.9 Å². The van der Waals surface area contributed by atoms with Crippen molar-refractivity contribution in [2.24, 2.45) is 0 Å². The third-order valence-electron chi connectivity index (χ3n) is 3.47. The second kappa shape index (κ2) is 6.15. The fourth-order valence-electron chi connectivity index (χ4n) is 2.37. The van der Waals surface area contributed by atoms with Crippen LogP contribution in [0.2, 0.25) is 0 Å². The first-order chi connectivity index (χ1) is 9.08. The quantitative estimate of drug-likeness (QED) is 0.800. The molecule has 1 aliphatic rings. The highest BCUT2D eigenvalue weighted by Crippen LogP contribution is 2.17. The molecule has 3 nitrogen and oxygen atoms in total. The van der Waals surface area contributed by atoms with Gasteiger partial charge >= 0.3 is 0 Å². The van der Waals surface area contributed by atoms with Crippen molar-refractivity contribution in [2.75, 3.05) is 18.4 Å². The Labute approximate surface area is 120 Å². The molecule has 102 valence electrons. The predicted octanol–water partition coefficient (Wildman–Crippen LogP) is 3.06. The Kier molecular flexibility index (Phi) is 4.53. The molecule has 0 spiro atoms. The number of hydrogen-bond donors (Lipinski definition) is 1. The van der Waals surface area contributed by atoms with Gasteiger partial charge in [-0.3, -0.25) is 4.79 Å². The average Bonchev–Trinajstić information content (AvgIpc) is 2.42. The zero-order chi connectivity index (χ0) is 13.8. The smallest absolute Gasteiger partial charge is 0.283 e. The zero-order valence-corrected chi connectivity index (χ0v) is 12.3. The van der Waals surface area contributed by atoms with E-state index < -0.39 is 0 Å². The Morgan fingerprint density at radius 2 is 1.89 bits per heavy atom. The summed E-state index contributed by atoms with van der Waals surface area (Å²) < 4.78 is 0. The van der Waals surface area contributed by atoms with Gasteiger partial charge in [-0.05, 0) is 44.7 Å². The van der Waals surface area contributed by atoms with Crippen molar-refractivity contribution in [2.45, 2.75) is 33.1 Å². The summed E-state index contributed by atoms with van der Waals surface area (Å²) in [6.45, 7) is 5.84. The molecule has 1 amide bonds. The van der Waals surface area contributed by atoms with Crippen LogP contribution >= 0.6 is 12.2 Å². The number of carbonyl (C=O) groups excluding carboxylic acids is 1. The highest BCUT2D eigenvalue weighted by Gasteiger charge is 2.19. The van der Waals surface area contributed by atoms with Gasteiger partial charge in [-0.25, -0.2) is 0 Å². The summed E-state index contributed by atoms with van der Waals surface area (Å²) in [6.07, 6.45) is 3.48. The van der Waals surface area contributed by atoms with Gasteiger partial charge in [-0.1, -0.05) is 29.9 Å². The number of likely N-dealkylation sites (tertiary alicyclic amines) is 1. The standard InChI is InChI=1S/C15H20N2OS/c1-11-6-7-13(12(2)10-11)16-14(18)15(19)17-8-4-3-5-9-17/h6-7,10H,3-5,8-9H2,1-2H3,(H,16,18). The lowest BCUT2D eigenvalue weighted by molar-refractivity contribution is -0.110. The van der Waals surface area contributed by atoms with Crippen LogP contribution in [0.1, 0.15) is 30.4 Å². The third kappa shape index (κ3) is 3.53. The summed E-state index contributed by atoms with van der Waals surface area (Å²) in [7, 11) is 0. The first-order valence-electron chi connectivity index (χ1n) is 6.75. The van der Waals surface area contributed by atoms with E-state index in [1.54, 1.807) is 0 Å². The van der Waals surface area contributed by atoms with Crippen LogP contribution in [0.5, 0.6) is 0 Å². The Morgan fingerprint density at radius 1 is 1.21 bits per heavy atom. The third-order valence-corrected chi connectivity index (χ3v) is 3.91. The van der Waals surface area contributed by atoms with E-state index in [-0.39, 0.29) is 5.91 Å². The highest BCUT2D eigenvalue weighted by molar-refractivity contribution is 7.82. The molecule has 2 rings (SSSR count). The first-order valence-corrected chi connectivity index (χ1v) is 7.16. The van der Waals surface area contributed by atoms with Gasteiger partial charge in [0.25, 0.3) is 5.91 Å². The van der Waals surface area contributed by atoms with Crippen molar-refractivity contribution < 1.29 is 4.79 Å². The molecular formula is C15H20N2OS. The van der Waals surface area contributed by atoms with E-state index in [9.17, 15) is 4.79 Å². The molecule has 1 aromatic rings. The van der Waals surface area contributed by atoms with Gasteiger partial charge in [0.2, 0.25) is 0 Å². The summed E-state index contributed by atoms with van der Waals surface area (Å²) in [5.74, 6) is -0.163. The van der Waals surface area contributed by atoms with Crippen molar-refractivity contribution in [3.8, 4) is 0 Å². The van der Waals surface area contributed by atoms with E-state index >= 15 is 0 Å². The largest absolute Gasteiger partial charge is 0.358 e. The zero-order valence-electron chi connectivity index (χ0n) is 11.5. The molecule has 0 aromatic heterocycles. The molecule has 1 aliphatic heterocycles. The number of hydrogen-bond acceptors (Lipinski definition) is 2. The first kappa shape index (κ1) is 14.0. The number of anilines is 1. The maximum Gasteiger partial charge on any atom is 0.283 e. The number of rotatable bonds is 1. The number of piperidine rings is 1. The van der Waals surface area contributed by atoms with Crippen molar-refractivity contribution >= 4 is 28.8 Å². The molecule has 0 radical (unpaired) electrons. The van der Waals surface area contributed by atoms with E-state index in [0.717, 1.165) is 37.2 Å². The number of nitrogens with zero attached hydrogens (tertiary/aromatic N) is 1.